The van der Waals surface area contributed by atoms with Crippen molar-refractivity contribution in [2.24, 2.45) is 0 Å². The number of methoxy groups -OCH3 is 1. The Morgan fingerprint density at radius 3 is 2.69 bits per heavy atom. The lowest BCUT2D eigenvalue weighted by Crippen LogP contribution is -2.52. The molecule has 3 heterocycles. The van der Waals surface area contributed by atoms with Crippen molar-refractivity contribution in [3.63, 3.8) is 0 Å². The minimum atomic E-state index is 0.0811. The summed E-state index contributed by atoms with van der Waals surface area (Å²) in [5.41, 5.74) is 4.15. The van der Waals surface area contributed by atoms with Crippen molar-refractivity contribution in [1.29, 1.82) is 0 Å². The predicted octanol–water partition coefficient (Wildman–Crippen LogP) is 4.46. The molecule has 5 heteroatoms. The van der Waals surface area contributed by atoms with Crippen LogP contribution in [0.2, 0.25) is 0 Å². The minimum absolute atomic E-state index is 0.0811. The highest BCUT2D eigenvalue weighted by atomic mass is 16.5. The van der Waals surface area contributed by atoms with E-state index in [-0.39, 0.29) is 11.0 Å². The monoisotopic (exact) mass is 435 g/mol. The van der Waals surface area contributed by atoms with E-state index in [9.17, 15) is 0 Å². The van der Waals surface area contributed by atoms with Gasteiger partial charge >= 0.3 is 0 Å². The minimum Gasteiger partial charge on any atom is -0.378 e. The molecular weight excluding hydrogens is 398 g/mol. The summed E-state index contributed by atoms with van der Waals surface area (Å²) in [6, 6.07) is 15.2. The normalized spacial score (nSPS) is 25.2. The van der Waals surface area contributed by atoms with Gasteiger partial charge in [-0.05, 0) is 62.4 Å². The number of nitrogens with zero attached hydrogens (tertiary/aromatic N) is 2. The molecule has 1 aromatic heterocycles. The van der Waals surface area contributed by atoms with Crippen molar-refractivity contribution in [3.8, 4) is 0 Å². The van der Waals surface area contributed by atoms with Crippen LogP contribution in [0.1, 0.15) is 56.2 Å². The molecule has 1 spiro atoms. The van der Waals surface area contributed by atoms with Crippen LogP contribution in [0.4, 0.5) is 5.69 Å². The Bertz CT molecular complexity index is 877. The molecule has 3 fully saturated rings. The Morgan fingerprint density at radius 2 is 1.91 bits per heavy atom. The SMILES string of the molecule is COC1CN(c2ccccc2CNCCC2(c3ccccn3)CCOC3(CCCC3)C2)C1. The first-order chi connectivity index (χ1) is 15.7. The third kappa shape index (κ3) is 4.43. The van der Waals surface area contributed by atoms with Crippen molar-refractivity contribution in [3.05, 3.63) is 59.9 Å². The highest BCUT2D eigenvalue weighted by Crippen LogP contribution is 2.49. The zero-order valence-corrected chi connectivity index (χ0v) is 19.4. The first kappa shape index (κ1) is 21.9. The quantitative estimate of drug-likeness (QED) is 0.621. The van der Waals surface area contributed by atoms with Crippen LogP contribution in [0.15, 0.2) is 48.7 Å². The third-order valence-corrected chi connectivity index (χ3v) is 7.98. The van der Waals surface area contributed by atoms with E-state index in [1.807, 2.05) is 12.3 Å². The van der Waals surface area contributed by atoms with E-state index < -0.39 is 0 Å². The van der Waals surface area contributed by atoms with Crippen LogP contribution in [-0.2, 0) is 21.4 Å². The fourth-order valence-corrected chi connectivity index (χ4v) is 6.10. The van der Waals surface area contributed by atoms with Gasteiger partial charge in [-0.2, -0.15) is 0 Å². The van der Waals surface area contributed by atoms with Gasteiger partial charge < -0.3 is 19.7 Å². The Labute approximate surface area is 192 Å². The fraction of sp³-hybridized carbons (Fsp3) is 0.593. The Hall–Kier alpha value is -1.95. The van der Waals surface area contributed by atoms with Gasteiger partial charge in [0, 0.05) is 56.3 Å². The number of rotatable bonds is 8. The molecule has 1 atom stereocenters. The van der Waals surface area contributed by atoms with Gasteiger partial charge in [-0.3, -0.25) is 4.98 Å². The van der Waals surface area contributed by atoms with Crippen LogP contribution < -0.4 is 10.2 Å². The van der Waals surface area contributed by atoms with Crippen molar-refractivity contribution >= 4 is 5.69 Å². The van der Waals surface area contributed by atoms with Gasteiger partial charge in [0.2, 0.25) is 0 Å². The Kier molecular flexibility index (Phi) is 6.49. The summed E-state index contributed by atoms with van der Waals surface area (Å²) in [7, 11) is 1.80. The predicted molar refractivity (Wildman–Crippen MR) is 128 cm³/mol. The van der Waals surface area contributed by atoms with Crippen molar-refractivity contribution < 1.29 is 9.47 Å². The second-order valence-electron chi connectivity index (χ2n) is 9.98. The molecule has 1 saturated carbocycles. The third-order valence-electron chi connectivity index (χ3n) is 7.98. The summed E-state index contributed by atoms with van der Waals surface area (Å²) < 4.78 is 11.9. The number of benzene rings is 1. The zero-order valence-electron chi connectivity index (χ0n) is 19.4. The number of aromatic nitrogens is 1. The van der Waals surface area contributed by atoms with E-state index in [1.165, 1.54) is 42.6 Å². The van der Waals surface area contributed by atoms with Gasteiger partial charge in [0.05, 0.1) is 11.7 Å². The number of anilines is 1. The van der Waals surface area contributed by atoms with Crippen LogP contribution >= 0.6 is 0 Å². The summed E-state index contributed by atoms with van der Waals surface area (Å²) in [6.45, 7) is 4.71. The zero-order chi connectivity index (χ0) is 21.9. The first-order valence-corrected chi connectivity index (χ1v) is 12.3. The van der Waals surface area contributed by atoms with Crippen LogP contribution in [0.25, 0.3) is 0 Å². The maximum atomic E-state index is 6.39. The lowest BCUT2D eigenvalue weighted by molar-refractivity contribution is -0.104. The number of ether oxygens (including phenoxy) is 2. The van der Waals surface area contributed by atoms with E-state index in [4.69, 9.17) is 14.5 Å². The molecule has 32 heavy (non-hydrogen) atoms. The van der Waals surface area contributed by atoms with E-state index in [1.54, 1.807) is 7.11 Å². The van der Waals surface area contributed by atoms with E-state index in [0.29, 0.717) is 6.10 Å². The van der Waals surface area contributed by atoms with Crippen molar-refractivity contribution in [1.82, 2.24) is 10.3 Å². The van der Waals surface area contributed by atoms with E-state index in [2.05, 4.69) is 46.6 Å². The number of hydrogen-bond donors (Lipinski definition) is 1. The summed E-state index contributed by atoms with van der Waals surface area (Å²) in [5, 5.41) is 3.76. The lowest BCUT2D eigenvalue weighted by atomic mass is 9.68. The maximum Gasteiger partial charge on any atom is 0.0920 e. The number of pyridine rings is 1. The van der Waals surface area contributed by atoms with E-state index >= 15 is 0 Å². The largest absolute Gasteiger partial charge is 0.378 e. The molecule has 2 aliphatic heterocycles. The van der Waals surface area contributed by atoms with Crippen LogP contribution in [0.3, 0.4) is 0 Å². The van der Waals surface area contributed by atoms with Gasteiger partial charge in [-0.25, -0.2) is 0 Å². The summed E-state index contributed by atoms with van der Waals surface area (Å²) in [4.78, 5) is 7.25. The highest BCUT2D eigenvalue weighted by Gasteiger charge is 2.48. The summed E-state index contributed by atoms with van der Waals surface area (Å²) in [5.74, 6) is 0. The first-order valence-electron chi connectivity index (χ1n) is 12.3. The molecule has 5 rings (SSSR count). The number of nitrogens with one attached hydrogen (secondary N) is 1. The molecule has 3 aliphatic rings. The van der Waals surface area contributed by atoms with Gasteiger partial charge in [0.25, 0.3) is 0 Å². The molecular formula is C27H37N3O2. The van der Waals surface area contributed by atoms with Crippen molar-refractivity contribution in [2.45, 2.75) is 68.6 Å². The lowest BCUT2D eigenvalue weighted by Gasteiger charge is -2.46. The Balaban J connectivity index is 1.25. The summed E-state index contributed by atoms with van der Waals surface area (Å²) in [6.07, 6.45) is 10.6. The number of hydrogen-bond acceptors (Lipinski definition) is 5. The molecule has 1 aliphatic carbocycles. The molecule has 2 aromatic rings. The van der Waals surface area contributed by atoms with Crippen LogP contribution in [-0.4, -0.2) is 50.0 Å². The van der Waals surface area contributed by atoms with Gasteiger partial charge in [0.1, 0.15) is 0 Å². The van der Waals surface area contributed by atoms with Gasteiger partial charge in [-0.1, -0.05) is 37.1 Å². The van der Waals surface area contributed by atoms with Crippen LogP contribution in [0, 0.1) is 0 Å². The smallest absolute Gasteiger partial charge is 0.0920 e. The summed E-state index contributed by atoms with van der Waals surface area (Å²) >= 11 is 0. The van der Waals surface area contributed by atoms with Crippen molar-refractivity contribution in [2.75, 3.05) is 38.3 Å². The van der Waals surface area contributed by atoms with E-state index in [0.717, 1.165) is 52.0 Å². The second-order valence-corrected chi connectivity index (χ2v) is 9.98. The Morgan fingerprint density at radius 1 is 1.09 bits per heavy atom. The van der Waals surface area contributed by atoms with Crippen LogP contribution in [0.5, 0.6) is 0 Å². The molecule has 2 saturated heterocycles. The number of para-hydroxylation sites is 1. The fourth-order valence-electron chi connectivity index (χ4n) is 6.10. The molecule has 1 unspecified atom stereocenters. The molecule has 0 bridgehead atoms. The molecule has 172 valence electrons. The topological polar surface area (TPSA) is 46.6 Å². The standard InChI is InChI=1S/C27H37N3O2/c1-31-23-19-30(20-23)24-9-3-2-8-22(24)18-28-16-13-26(25-10-4-7-15-29-25)14-17-32-27(21-26)11-5-6-12-27/h2-4,7-10,15,23,28H,5-6,11-14,16-21H2,1H3. The molecule has 0 radical (unpaired) electrons. The molecule has 5 nitrogen and oxygen atoms in total. The molecule has 1 N–H and O–H groups in total. The average Bonchev–Trinajstić information content (AvgIpc) is 3.25. The molecule has 0 amide bonds. The molecule has 1 aromatic carbocycles. The average molecular weight is 436 g/mol. The van der Waals surface area contributed by atoms with Gasteiger partial charge in [0.15, 0.2) is 0 Å². The maximum absolute atomic E-state index is 6.39. The highest BCUT2D eigenvalue weighted by molar-refractivity contribution is 5.55. The van der Waals surface area contributed by atoms with Gasteiger partial charge in [-0.15, -0.1) is 0 Å². The second kappa shape index (κ2) is 9.50.